The van der Waals surface area contributed by atoms with E-state index in [-0.39, 0.29) is 55.5 Å². The number of rotatable bonds is 13. The molecule has 1 N–H and O–H groups in total. The van der Waals surface area contributed by atoms with Crippen LogP contribution in [0.3, 0.4) is 0 Å². The summed E-state index contributed by atoms with van der Waals surface area (Å²) >= 11 is 6.47. The maximum atomic E-state index is 15.7. The average molecular weight is 685 g/mol. The normalized spacial score (nSPS) is 13.1. The van der Waals surface area contributed by atoms with Crippen LogP contribution in [-0.2, 0) is 22.2 Å². The fourth-order valence-electron chi connectivity index (χ4n) is 5.61. The van der Waals surface area contributed by atoms with Crippen molar-refractivity contribution in [1.82, 2.24) is 9.47 Å². The lowest BCUT2D eigenvalue weighted by atomic mass is 9.84. The van der Waals surface area contributed by atoms with Gasteiger partial charge in [-0.2, -0.15) is 26.7 Å². The van der Waals surface area contributed by atoms with E-state index in [9.17, 15) is 32.7 Å². The van der Waals surface area contributed by atoms with Crippen molar-refractivity contribution in [2.45, 2.75) is 71.5 Å². The van der Waals surface area contributed by atoms with Crippen molar-refractivity contribution < 1.29 is 32.3 Å². The molecule has 0 aliphatic heterocycles. The minimum Gasteiger partial charge on any atom is -0.481 e. The molecule has 0 fully saturated rings. The SMILES string of the molecule is Cc1cc(-c2c(C)cccc2Cl)cc([C@H](CC(=O)O)CC(=O)C(CC(C)C)n2cc(CCN(C)C)c(C(F)(F)F)cc2=O)c1F.S. The topological polar surface area (TPSA) is 79.6 Å². The summed E-state index contributed by atoms with van der Waals surface area (Å²) in [5.74, 6) is -3.78. The summed E-state index contributed by atoms with van der Waals surface area (Å²) in [5, 5.41) is 10.2. The minimum absolute atomic E-state index is 0. The van der Waals surface area contributed by atoms with Gasteiger partial charge >= 0.3 is 12.1 Å². The molecule has 12 heteroatoms. The molecule has 0 radical (unpaired) electrons. The largest absolute Gasteiger partial charge is 0.481 e. The van der Waals surface area contributed by atoms with E-state index in [1.54, 1.807) is 51.0 Å². The molecule has 46 heavy (non-hydrogen) atoms. The fourth-order valence-corrected chi connectivity index (χ4v) is 5.94. The summed E-state index contributed by atoms with van der Waals surface area (Å²) in [4.78, 5) is 40.8. The molecule has 1 heterocycles. The summed E-state index contributed by atoms with van der Waals surface area (Å²) in [6.45, 7) is 7.24. The number of carbonyl (C=O) groups excluding carboxylic acids is 1. The van der Waals surface area contributed by atoms with Crippen LogP contribution in [0.4, 0.5) is 17.6 Å². The van der Waals surface area contributed by atoms with Crippen molar-refractivity contribution in [1.29, 1.82) is 0 Å². The molecule has 1 aromatic heterocycles. The number of aromatic nitrogens is 1. The van der Waals surface area contributed by atoms with Gasteiger partial charge in [-0.15, -0.1) is 0 Å². The number of aliphatic carboxylic acids is 1. The first kappa shape index (κ1) is 39.0. The zero-order chi connectivity index (χ0) is 33.8. The Morgan fingerprint density at radius 2 is 1.70 bits per heavy atom. The van der Waals surface area contributed by atoms with Gasteiger partial charge < -0.3 is 14.6 Å². The highest BCUT2D eigenvalue weighted by atomic mass is 35.5. The van der Waals surface area contributed by atoms with Crippen molar-refractivity contribution in [2.75, 3.05) is 20.6 Å². The molecule has 0 amide bonds. The lowest BCUT2D eigenvalue weighted by Gasteiger charge is -2.26. The monoisotopic (exact) mass is 684 g/mol. The van der Waals surface area contributed by atoms with Gasteiger partial charge in [0.15, 0.2) is 5.78 Å². The quantitative estimate of drug-likeness (QED) is 0.185. The molecule has 3 rings (SSSR count). The number of hydrogen-bond acceptors (Lipinski definition) is 4. The van der Waals surface area contributed by atoms with Gasteiger partial charge in [0.1, 0.15) is 5.82 Å². The molecular weight excluding hydrogens is 644 g/mol. The number of alkyl halides is 3. The maximum Gasteiger partial charge on any atom is 0.416 e. The van der Waals surface area contributed by atoms with Crippen LogP contribution in [0.15, 0.2) is 47.4 Å². The van der Waals surface area contributed by atoms with Crippen LogP contribution in [0.2, 0.25) is 5.02 Å². The number of benzene rings is 2. The first-order valence-electron chi connectivity index (χ1n) is 14.7. The third-order valence-electron chi connectivity index (χ3n) is 7.80. The Bertz CT molecular complexity index is 1600. The van der Waals surface area contributed by atoms with Crippen LogP contribution in [-0.4, -0.2) is 47.0 Å². The summed E-state index contributed by atoms with van der Waals surface area (Å²) in [6.07, 6.45) is -4.63. The summed E-state index contributed by atoms with van der Waals surface area (Å²) in [5.41, 5.74) is 0.0548. The number of Topliss-reactive ketones (excluding diaryl/α,β-unsaturated/α-hetero) is 1. The van der Waals surface area contributed by atoms with Gasteiger partial charge in [-0.3, -0.25) is 14.4 Å². The summed E-state index contributed by atoms with van der Waals surface area (Å²) in [6, 6.07) is 7.72. The number of carboxylic acids is 1. The smallest absolute Gasteiger partial charge is 0.416 e. The highest BCUT2D eigenvalue weighted by molar-refractivity contribution is 7.59. The number of aryl methyl sites for hydroxylation is 2. The molecule has 2 aromatic carbocycles. The van der Waals surface area contributed by atoms with Crippen LogP contribution in [0.1, 0.15) is 72.9 Å². The second kappa shape index (κ2) is 16.1. The van der Waals surface area contributed by atoms with E-state index < -0.39 is 59.7 Å². The van der Waals surface area contributed by atoms with Crippen molar-refractivity contribution in [3.63, 3.8) is 0 Å². The van der Waals surface area contributed by atoms with Gasteiger partial charge in [-0.25, -0.2) is 4.39 Å². The molecular formula is C34H41ClF4N2O4S. The van der Waals surface area contributed by atoms with Crippen LogP contribution in [0.25, 0.3) is 11.1 Å². The number of pyridine rings is 1. The van der Waals surface area contributed by atoms with Gasteiger partial charge in [0.05, 0.1) is 18.0 Å². The Balaban J connectivity index is 0.00000736. The standard InChI is InChI=1S/C34H39ClF4N2O4.H2S/c1-19(2)12-28(41-18-22(10-11-40(5)6)26(17-30(41)43)34(37,38)39)29(42)15-23(16-31(44)45)25-14-24(13-21(4)33(25)36)32-20(3)8-7-9-27(32)35;/h7-9,13-14,17-19,23,28H,10-12,15-16H2,1-6H3,(H,44,45);1H2/t23-,28?;/m0./s1. The number of carbonyl (C=O) groups is 2. The molecule has 0 bridgehead atoms. The molecule has 3 aromatic rings. The lowest BCUT2D eigenvalue weighted by Crippen LogP contribution is -2.33. The van der Waals surface area contributed by atoms with Crippen LogP contribution < -0.4 is 5.56 Å². The molecule has 252 valence electrons. The van der Waals surface area contributed by atoms with E-state index in [4.69, 9.17) is 11.6 Å². The molecule has 6 nitrogen and oxygen atoms in total. The Labute approximate surface area is 278 Å². The Hall–Kier alpha value is -3.15. The molecule has 0 aliphatic carbocycles. The molecule has 0 aliphatic rings. The van der Waals surface area contributed by atoms with Gasteiger partial charge in [0.2, 0.25) is 0 Å². The maximum absolute atomic E-state index is 15.7. The number of likely N-dealkylation sites (N-methyl/N-ethyl adjacent to an activating group) is 1. The third kappa shape index (κ3) is 9.68. The van der Waals surface area contributed by atoms with E-state index in [1.807, 2.05) is 13.0 Å². The minimum atomic E-state index is -4.77. The third-order valence-corrected chi connectivity index (χ3v) is 8.12. The van der Waals surface area contributed by atoms with Crippen LogP contribution in [0.5, 0.6) is 0 Å². The highest BCUT2D eigenvalue weighted by Crippen LogP contribution is 2.38. The first-order chi connectivity index (χ1) is 20.9. The number of hydrogen-bond donors (Lipinski definition) is 1. The van der Waals surface area contributed by atoms with Crippen LogP contribution in [0, 0.1) is 25.6 Å². The average Bonchev–Trinajstić information content (AvgIpc) is 2.91. The lowest BCUT2D eigenvalue weighted by molar-refractivity contribution is -0.139. The molecule has 0 saturated carbocycles. The van der Waals surface area contributed by atoms with E-state index in [0.29, 0.717) is 22.2 Å². The highest BCUT2D eigenvalue weighted by Gasteiger charge is 2.36. The number of carboxylic acid groups (broad SMARTS) is 1. The van der Waals surface area contributed by atoms with Gasteiger partial charge in [0, 0.05) is 41.7 Å². The fraction of sp³-hybridized carbons (Fsp3) is 0.441. The van der Waals surface area contributed by atoms with E-state index in [2.05, 4.69) is 0 Å². The van der Waals surface area contributed by atoms with Crippen molar-refractivity contribution >= 4 is 36.8 Å². The van der Waals surface area contributed by atoms with Gasteiger partial charge in [-0.05, 0) is 92.7 Å². The van der Waals surface area contributed by atoms with Gasteiger partial charge in [-0.1, -0.05) is 37.6 Å². The zero-order valence-electron chi connectivity index (χ0n) is 26.8. The molecule has 0 spiro atoms. The second-order valence-corrected chi connectivity index (χ2v) is 12.7. The Kier molecular flexibility index (Phi) is 13.7. The first-order valence-corrected chi connectivity index (χ1v) is 15.0. The van der Waals surface area contributed by atoms with Crippen molar-refractivity contribution in [3.8, 4) is 11.1 Å². The molecule has 1 unspecified atom stereocenters. The Morgan fingerprint density at radius 1 is 1.04 bits per heavy atom. The number of halogens is 5. The molecule has 0 saturated heterocycles. The van der Waals surface area contributed by atoms with E-state index in [1.165, 1.54) is 13.0 Å². The Morgan fingerprint density at radius 3 is 2.24 bits per heavy atom. The summed E-state index contributed by atoms with van der Waals surface area (Å²) in [7, 11) is 3.42. The molecule has 2 atom stereocenters. The van der Waals surface area contributed by atoms with E-state index in [0.717, 1.165) is 16.3 Å². The summed E-state index contributed by atoms with van der Waals surface area (Å²) < 4.78 is 58.4. The number of nitrogens with zero attached hydrogens (tertiary/aromatic N) is 2. The predicted molar refractivity (Wildman–Crippen MR) is 178 cm³/mol. The second-order valence-electron chi connectivity index (χ2n) is 12.2. The van der Waals surface area contributed by atoms with E-state index >= 15 is 4.39 Å². The van der Waals surface area contributed by atoms with Gasteiger partial charge in [0.25, 0.3) is 5.56 Å². The van der Waals surface area contributed by atoms with Crippen molar-refractivity contribution in [3.05, 3.63) is 91.6 Å². The van der Waals surface area contributed by atoms with Crippen LogP contribution >= 0.6 is 25.1 Å². The zero-order valence-corrected chi connectivity index (χ0v) is 28.5. The predicted octanol–water partition coefficient (Wildman–Crippen LogP) is 7.97. The number of ketones is 1. The van der Waals surface area contributed by atoms with Crippen molar-refractivity contribution in [2.24, 2.45) is 5.92 Å².